The molecule has 1 fully saturated rings. The Morgan fingerprint density at radius 2 is 2.05 bits per heavy atom. The average Bonchev–Trinajstić information content (AvgIpc) is 2.38. The highest BCUT2D eigenvalue weighted by Gasteiger charge is 2.24. The van der Waals surface area contributed by atoms with Gasteiger partial charge in [0.25, 0.3) is 0 Å². The number of para-hydroxylation sites is 1. The summed E-state index contributed by atoms with van der Waals surface area (Å²) in [7, 11) is -2.89. The van der Waals surface area contributed by atoms with E-state index in [9.17, 15) is 8.42 Å². The van der Waals surface area contributed by atoms with Crippen molar-refractivity contribution in [1.82, 2.24) is 4.98 Å². The van der Waals surface area contributed by atoms with Crippen molar-refractivity contribution in [2.24, 2.45) is 0 Å². The molecular weight excluding hydrogens is 260 g/mol. The Bertz CT molecular complexity index is 692. The first-order valence-electron chi connectivity index (χ1n) is 6.45. The Morgan fingerprint density at radius 1 is 1.21 bits per heavy atom. The number of fused-ring (bicyclic) bond motifs is 1. The number of benzene rings is 1. The summed E-state index contributed by atoms with van der Waals surface area (Å²) in [6.45, 7) is 0. The van der Waals surface area contributed by atoms with Crippen molar-refractivity contribution in [2.75, 3.05) is 16.8 Å². The highest BCUT2D eigenvalue weighted by atomic mass is 32.2. The lowest BCUT2D eigenvalue weighted by molar-refractivity contribution is 0.562. The molecule has 5 heteroatoms. The number of aromatic nitrogens is 1. The fourth-order valence-electron chi connectivity index (χ4n) is 2.58. The van der Waals surface area contributed by atoms with Crippen LogP contribution in [0, 0.1) is 0 Å². The van der Waals surface area contributed by atoms with E-state index >= 15 is 0 Å². The monoisotopic (exact) mass is 276 g/mol. The summed E-state index contributed by atoms with van der Waals surface area (Å²) in [6.07, 6.45) is 3.38. The predicted octanol–water partition coefficient (Wildman–Crippen LogP) is 2.22. The Labute approximate surface area is 112 Å². The minimum absolute atomic E-state index is 0.00800. The molecule has 2 aromatic rings. The van der Waals surface area contributed by atoms with Gasteiger partial charge in [0.1, 0.15) is 0 Å². The molecule has 1 aliphatic rings. The van der Waals surface area contributed by atoms with E-state index in [1.165, 1.54) is 0 Å². The Kier molecular flexibility index (Phi) is 3.14. The number of hydrogen-bond acceptors (Lipinski definition) is 4. The molecule has 3 rings (SSSR count). The lowest BCUT2D eigenvalue weighted by Gasteiger charge is -2.24. The number of pyridine rings is 1. The maximum absolute atomic E-state index is 11.7. The summed E-state index contributed by atoms with van der Waals surface area (Å²) >= 11 is 0. The number of hydrogen-bond donors (Lipinski definition) is 1. The van der Waals surface area contributed by atoms with Gasteiger partial charge in [0.2, 0.25) is 0 Å². The zero-order valence-corrected chi connectivity index (χ0v) is 11.4. The molecule has 1 aliphatic heterocycles. The van der Waals surface area contributed by atoms with Crippen LogP contribution in [0.1, 0.15) is 12.8 Å². The molecule has 4 nitrogen and oxygen atoms in total. The fraction of sp³-hybridized carbons (Fsp3) is 0.357. The van der Waals surface area contributed by atoms with Gasteiger partial charge in [-0.1, -0.05) is 18.2 Å². The molecule has 1 saturated heterocycles. The first-order valence-corrected chi connectivity index (χ1v) is 8.27. The molecule has 1 unspecified atom stereocenters. The molecule has 19 heavy (non-hydrogen) atoms. The SMILES string of the molecule is O=S1(=O)CCCC(Nc2cccc3cccnc23)C1. The second-order valence-electron chi connectivity index (χ2n) is 4.98. The van der Waals surface area contributed by atoms with E-state index in [4.69, 9.17) is 0 Å². The summed E-state index contributed by atoms with van der Waals surface area (Å²) < 4.78 is 23.3. The highest BCUT2D eigenvalue weighted by molar-refractivity contribution is 7.91. The Balaban J connectivity index is 1.89. The van der Waals surface area contributed by atoms with Crippen LogP contribution in [-0.2, 0) is 9.84 Å². The van der Waals surface area contributed by atoms with Crippen molar-refractivity contribution < 1.29 is 8.42 Å². The van der Waals surface area contributed by atoms with Gasteiger partial charge >= 0.3 is 0 Å². The molecule has 0 spiro atoms. The third-order valence-electron chi connectivity index (χ3n) is 3.46. The highest BCUT2D eigenvalue weighted by Crippen LogP contribution is 2.23. The van der Waals surface area contributed by atoms with Gasteiger partial charge in [-0.3, -0.25) is 4.98 Å². The molecule has 1 N–H and O–H groups in total. The van der Waals surface area contributed by atoms with Crippen LogP contribution in [0.5, 0.6) is 0 Å². The summed E-state index contributed by atoms with van der Waals surface area (Å²) in [4.78, 5) is 4.37. The van der Waals surface area contributed by atoms with Gasteiger partial charge in [0.05, 0.1) is 22.7 Å². The molecule has 100 valence electrons. The topological polar surface area (TPSA) is 59.1 Å². The van der Waals surface area contributed by atoms with Crippen LogP contribution in [0.15, 0.2) is 36.5 Å². The average molecular weight is 276 g/mol. The van der Waals surface area contributed by atoms with Crippen molar-refractivity contribution in [3.8, 4) is 0 Å². The summed E-state index contributed by atoms with van der Waals surface area (Å²) in [5.74, 6) is 0.537. The lowest BCUT2D eigenvalue weighted by atomic mass is 10.1. The maximum atomic E-state index is 11.7. The van der Waals surface area contributed by atoms with Crippen molar-refractivity contribution in [3.63, 3.8) is 0 Å². The van der Waals surface area contributed by atoms with Gasteiger partial charge in [-0.15, -0.1) is 0 Å². The van der Waals surface area contributed by atoms with Crippen molar-refractivity contribution in [2.45, 2.75) is 18.9 Å². The zero-order valence-electron chi connectivity index (χ0n) is 10.5. The van der Waals surface area contributed by atoms with Crippen LogP contribution in [0.4, 0.5) is 5.69 Å². The molecule has 1 aromatic carbocycles. The standard InChI is InChI=1S/C14H16N2O2S/c17-19(18)9-3-6-12(10-19)16-13-7-1-4-11-5-2-8-15-14(11)13/h1-2,4-5,7-8,12,16H,3,6,9-10H2. The van der Waals surface area contributed by atoms with Crippen molar-refractivity contribution in [1.29, 1.82) is 0 Å². The first kappa shape index (κ1) is 12.4. The Hall–Kier alpha value is -1.62. The van der Waals surface area contributed by atoms with E-state index in [1.54, 1.807) is 6.20 Å². The van der Waals surface area contributed by atoms with Crippen LogP contribution >= 0.6 is 0 Å². The first-order chi connectivity index (χ1) is 9.14. The van der Waals surface area contributed by atoms with Crippen LogP contribution in [0.2, 0.25) is 0 Å². The van der Waals surface area contributed by atoms with Crippen molar-refractivity contribution >= 4 is 26.4 Å². The van der Waals surface area contributed by atoms with Gasteiger partial charge in [0, 0.05) is 17.6 Å². The minimum Gasteiger partial charge on any atom is -0.380 e. The van der Waals surface area contributed by atoms with E-state index < -0.39 is 9.84 Å². The third-order valence-corrected chi connectivity index (χ3v) is 5.28. The summed E-state index contributed by atoms with van der Waals surface area (Å²) in [6, 6.07) is 9.82. The molecule has 0 bridgehead atoms. The molecule has 0 amide bonds. The smallest absolute Gasteiger partial charge is 0.152 e. The maximum Gasteiger partial charge on any atom is 0.152 e. The molecule has 0 radical (unpaired) electrons. The molecule has 1 aromatic heterocycles. The van der Waals surface area contributed by atoms with Gasteiger partial charge in [0.15, 0.2) is 9.84 Å². The van der Waals surface area contributed by atoms with Gasteiger partial charge in [-0.25, -0.2) is 8.42 Å². The molecular formula is C14H16N2O2S. The number of nitrogens with zero attached hydrogens (tertiary/aromatic N) is 1. The predicted molar refractivity (Wildman–Crippen MR) is 77.0 cm³/mol. The zero-order chi connectivity index (χ0) is 13.3. The van der Waals surface area contributed by atoms with Crippen LogP contribution in [0.25, 0.3) is 10.9 Å². The van der Waals surface area contributed by atoms with Gasteiger partial charge < -0.3 is 5.32 Å². The van der Waals surface area contributed by atoms with Gasteiger partial charge in [-0.05, 0) is 25.0 Å². The van der Waals surface area contributed by atoms with E-state index in [-0.39, 0.29) is 11.8 Å². The van der Waals surface area contributed by atoms with Crippen LogP contribution in [0.3, 0.4) is 0 Å². The van der Waals surface area contributed by atoms with Crippen LogP contribution in [-0.4, -0.2) is 30.9 Å². The third kappa shape index (κ3) is 2.71. The number of nitrogens with one attached hydrogen (secondary N) is 1. The molecule has 0 saturated carbocycles. The number of anilines is 1. The van der Waals surface area contributed by atoms with E-state index in [0.717, 1.165) is 29.4 Å². The lowest BCUT2D eigenvalue weighted by Crippen LogP contribution is -2.34. The largest absolute Gasteiger partial charge is 0.380 e. The van der Waals surface area contributed by atoms with E-state index in [1.807, 2.05) is 30.3 Å². The Morgan fingerprint density at radius 3 is 2.89 bits per heavy atom. The second-order valence-corrected chi connectivity index (χ2v) is 7.21. The number of rotatable bonds is 2. The summed E-state index contributed by atoms with van der Waals surface area (Å²) in [5, 5.41) is 4.40. The molecule has 1 atom stereocenters. The minimum atomic E-state index is -2.89. The fourth-order valence-corrected chi connectivity index (χ4v) is 4.21. The second kappa shape index (κ2) is 4.81. The quantitative estimate of drug-likeness (QED) is 0.913. The van der Waals surface area contributed by atoms with Crippen molar-refractivity contribution in [3.05, 3.63) is 36.5 Å². The molecule has 0 aliphatic carbocycles. The van der Waals surface area contributed by atoms with E-state index in [0.29, 0.717) is 5.75 Å². The molecule has 2 heterocycles. The van der Waals surface area contributed by atoms with Gasteiger partial charge in [-0.2, -0.15) is 0 Å². The normalized spacial score (nSPS) is 22.2. The van der Waals surface area contributed by atoms with E-state index in [2.05, 4.69) is 10.3 Å². The van der Waals surface area contributed by atoms with Crippen LogP contribution < -0.4 is 5.32 Å². The summed E-state index contributed by atoms with van der Waals surface area (Å²) in [5.41, 5.74) is 1.81. The number of sulfone groups is 1.